The summed E-state index contributed by atoms with van der Waals surface area (Å²) < 4.78 is 33.7. The number of hydrogen-bond acceptors (Lipinski definition) is 4. The lowest BCUT2D eigenvalue weighted by Gasteiger charge is -2.15. The number of carbonyl (C=O) groups is 1. The second kappa shape index (κ2) is 6.69. The van der Waals surface area contributed by atoms with Crippen LogP contribution < -0.4 is 4.74 Å². The van der Waals surface area contributed by atoms with Crippen molar-refractivity contribution in [1.29, 1.82) is 5.26 Å². The summed E-state index contributed by atoms with van der Waals surface area (Å²) in [7, 11) is 1.24. The Morgan fingerprint density at radius 3 is 2.63 bits per heavy atom. The van der Waals surface area contributed by atoms with Crippen LogP contribution in [-0.4, -0.2) is 19.7 Å². The number of ether oxygens (including phenoxy) is 2. The number of esters is 1. The number of carbonyl (C=O) groups excluding carboxylic acids is 1. The molecular formula is C13H13F2NO3. The molecule has 1 rings (SSSR count). The van der Waals surface area contributed by atoms with E-state index < -0.39 is 12.6 Å². The van der Waals surface area contributed by atoms with E-state index in [9.17, 15) is 13.6 Å². The second-order valence-corrected chi connectivity index (χ2v) is 3.68. The molecule has 19 heavy (non-hydrogen) atoms. The average molecular weight is 269 g/mol. The van der Waals surface area contributed by atoms with Crippen molar-refractivity contribution < 1.29 is 23.0 Å². The number of nitrogens with zero attached hydrogens (tertiary/aromatic N) is 1. The number of methoxy groups -OCH3 is 1. The van der Waals surface area contributed by atoms with Crippen molar-refractivity contribution in [3.8, 4) is 11.8 Å². The van der Waals surface area contributed by atoms with Crippen LogP contribution >= 0.6 is 0 Å². The van der Waals surface area contributed by atoms with Crippen LogP contribution in [-0.2, 0) is 22.4 Å². The molecule has 0 spiro atoms. The van der Waals surface area contributed by atoms with E-state index in [2.05, 4.69) is 9.47 Å². The van der Waals surface area contributed by atoms with E-state index in [1.165, 1.54) is 13.2 Å². The maximum Gasteiger partial charge on any atom is 0.387 e. The molecular weight excluding hydrogens is 256 g/mol. The summed E-state index contributed by atoms with van der Waals surface area (Å²) in [6.07, 6.45) is 0.314. The SMILES string of the molecule is CCc1c(CC(=O)OC)ccc(C#N)c1OC(F)F. The Morgan fingerprint density at radius 1 is 1.47 bits per heavy atom. The third-order valence-electron chi connectivity index (χ3n) is 2.60. The third-order valence-corrected chi connectivity index (χ3v) is 2.60. The van der Waals surface area contributed by atoms with Crippen molar-refractivity contribution in [2.24, 2.45) is 0 Å². The summed E-state index contributed by atoms with van der Waals surface area (Å²) in [6.45, 7) is -1.29. The smallest absolute Gasteiger partial charge is 0.387 e. The largest absolute Gasteiger partial charge is 0.469 e. The molecule has 0 aliphatic rings. The summed E-state index contributed by atoms with van der Waals surface area (Å²) >= 11 is 0. The highest BCUT2D eigenvalue weighted by molar-refractivity contribution is 5.73. The lowest BCUT2D eigenvalue weighted by Crippen LogP contribution is -2.11. The zero-order valence-corrected chi connectivity index (χ0v) is 10.6. The van der Waals surface area contributed by atoms with Gasteiger partial charge in [-0.2, -0.15) is 14.0 Å². The quantitative estimate of drug-likeness (QED) is 0.770. The van der Waals surface area contributed by atoms with Gasteiger partial charge in [0.05, 0.1) is 19.1 Å². The van der Waals surface area contributed by atoms with E-state index in [0.29, 0.717) is 17.5 Å². The fourth-order valence-electron chi connectivity index (χ4n) is 1.76. The molecule has 1 aromatic carbocycles. The Balaban J connectivity index is 3.28. The summed E-state index contributed by atoms with van der Waals surface area (Å²) in [5.74, 6) is -0.649. The van der Waals surface area contributed by atoms with E-state index in [0.717, 1.165) is 0 Å². The summed E-state index contributed by atoms with van der Waals surface area (Å²) in [5, 5.41) is 8.90. The normalized spacial score (nSPS) is 10.1. The van der Waals surface area contributed by atoms with E-state index in [-0.39, 0.29) is 17.7 Å². The first-order valence-corrected chi connectivity index (χ1v) is 5.59. The minimum atomic E-state index is -3.02. The highest BCUT2D eigenvalue weighted by Crippen LogP contribution is 2.29. The molecule has 0 bridgehead atoms. The van der Waals surface area contributed by atoms with Gasteiger partial charge in [0.15, 0.2) is 0 Å². The Bertz CT molecular complexity index is 509. The van der Waals surface area contributed by atoms with Gasteiger partial charge < -0.3 is 9.47 Å². The molecule has 0 atom stereocenters. The van der Waals surface area contributed by atoms with E-state index >= 15 is 0 Å². The van der Waals surface area contributed by atoms with Gasteiger partial charge >= 0.3 is 12.6 Å². The van der Waals surface area contributed by atoms with Crippen molar-refractivity contribution in [2.75, 3.05) is 7.11 Å². The molecule has 0 saturated carbocycles. The molecule has 0 aliphatic carbocycles. The minimum Gasteiger partial charge on any atom is -0.469 e. The third kappa shape index (κ3) is 3.65. The van der Waals surface area contributed by atoms with Crippen molar-refractivity contribution in [2.45, 2.75) is 26.4 Å². The van der Waals surface area contributed by atoms with Crippen molar-refractivity contribution >= 4 is 5.97 Å². The number of nitriles is 1. The van der Waals surface area contributed by atoms with Crippen molar-refractivity contribution in [3.63, 3.8) is 0 Å². The molecule has 1 aromatic rings. The summed E-state index contributed by atoms with van der Waals surface area (Å²) in [6, 6.07) is 4.70. The van der Waals surface area contributed by atoms with Gasteiger partial charge in [-0.3, -0.25) is 4.79 Å². The molecule has 0 N–H and O–H groups in total. The predicted octanol–water partition coefficient (Wildman–Crippen LogP) is 2.44. The van der Waals surface area contributed by atoms with Crippen LogP contribution in [0, 0.1) is 11.3 Å². The topological polar surface area (TPSA) is 59.3 Å². The molecule has 0 heterocycles. The highest BCUT2D eigenvalue weighted by Gasteiger charge is 2.18. The van der Waals surface area contributed by atoms with Gasteiger partial charge in [0.2, 0.25) is 0 Å². The molecule has 4 nitrogen and oxygen atoms in total. The van der Waals surface area contributed by atoms with Crippen molar-refractivity contribution in [3.05, 3.63) is 28.8 Å². The molecule has 0 fully saturated rings. The van der Waals surface area contributed by atoms with Crippen LogP contribution in [0.3, 0.4) is 0 Å². The van der Waals surface area contributed by atoms with Crippen LogP contribution in [0.4, 0.5) is 8.78 Å². The Labute approximate surface area is 109 Å². The standard InChI is InChI=1S/C13H13F2NO3/c1-3-10-8(6-11(17)18-2)4-5-9(7-16)12(10)19-13(14)15/h4-5,13H,3,6H2,1-2H3. The maximum atomic E-state index is 12.4. The molecule has 0 radical (unpaired) electrons. The van der Waals surface area contributed by atoms with Gasteiger partial charge in [0.25, 0.3) is 0 Å². The predicted molar refractivity (Wildman–Crippen MR) is 62.9 cm³/mol. The lowest BCUT2D eigenvalue weighted by atomic mass is 9.98. The molecule has 0 aromatic heterocycles. The fraction of sp³-hybridized carbons (Fsp3) is 0.385. The minimum absolute atomic E-state index is 0.0192. The number of rotatable bonds is 5. The van der Waals surface area contributed by atoms with E-state index in [1.54, 1.807) is 19.1 Å². The van der Waals surface area contributed by atoms with Crippen LogP contribution in [0.25, 0.3) is 0 Å². The van der Waals surface area contributed by atoms with Gasteiger partial charge in [0, 0.05) is 0 Å². The number of halogens is 2. The molecule has 0 aliphatic heterocycles. The van der Waals surface area contributed by atoms with Crippen LogP contribution in [0.2, 0.25) is 0 Å². The lowest BCUT2D eigenvalue weighted by molar-refractivity contribution is -0.139. The zero-order chi connectivity index (χ0) is 14.4. The van der Waals surface area contributed by atoms with Crippen LogP contribution in [0.5, 0.6) is 5.75 Å². The van der Waals surface area contributed by atoms with Gasteiger partial charge in [-0.25, -0.2) is 0 Å². The average Bonchev–Trinajstić information content (AvgIpc) is 2.38. The number of benzene rings is 1. The first-order chi connectivity index (χ1) is 9.03. The molecule has 102 valence electrons. The summed E-state index contributed by atoms with van der Waals surface area (Å²) in [4.78, 5) is 11.3. The van der Waals surface area contributed by atoms with Crippen LogP contribution in [0.1, 0.15) is 23.6 Å². The zero-order valence-electron chi connectivity index (χ0n) is 10.6. The van der Waals surface area contributed by atoms with Crippen LogP contribution in [0.15, 0.2) is 12.1 Å². The Kier molecular flexibility index (Phi) is 5.24. The Hall–Kier alpha value is -2.16. The Morgan fingerprint density at radius 2 is 2.16 bits per heavy atom. The van der Waals surface area contributed by atoms with E-state index in [4.69, 9.17) is 5.26 Å². The highest BCUT2D eigenvalue weighted by atomic mass is 19.3. The molecule has 0 unspecified atom stereocenters. The fourth-order valence-corrected chi connectivity index (χ4v) is 1.76. The van der Waals surface area contributed by atoms with Crippen molar-refractivity contribution in [1.82, 2.24) is 0 Å². The maximum absolute atomic E-state index is 12.4. The second-order valence-electron chi connectivity index (χ2n) is 3.68. The monoisotopic (exact) mass is 269 g/mol. The van der Waals surface area contributed by atoms with Gasteiger partial charge in [-0.05, 0) is 23.6 Å². The number of alkyl halides is 2. The molecule has 6 heteroatoms. The molecule has 0 amide bonds. The van der Waals surface area contributed by atoms with Gasteiger partial charge in [-0.15, -0.1) is 0 Å². The van der Waals surface area contributed by atoms with E-state index in [1.807, 2.05) is 0 Å². The first kappa shape index (κ1) is 14.9. The first-order valence-electron chi connectivity index (χ1n) is 5.59. The van der Waals surface area contributed by atoms with Gasteiger partial charge in [-0.1, -0.05) is 13.0 Å². The summed E-state index contributed by atoms with van der Waals surface area (Å²) in [5.41, 5.74) is 0.958. The number of hydrogen-bond donors (Lipinski definition) is 0. The van der Waals surface area contributed by atoms with Gasteiger partial charge in [0.1, 0.15) is 11.8 Å². The molecule has 0 saturated heterocycles.